The molecule has 0 aliphatic heterocycles. The Morgan fingerprint density at radius 1 is 0.971 bits per heavy atom. The third-order valence-electron chi connectivity index (χ3n) is 6.43. The third-order valence-corrected chi connectivity index (χ3v) is 6.43. The highest BCUT2D eigenvalue weighted by atomic mass is 16.5. The summed E-state index contributed by atoms with van der Waals surface area (Å²) < 4.78 is 5.62. The highest BCUT2D eigenvalue weighted by Gasteiger charge is 2.41. The number of alkyl carbamates (subject to hydrolysis) is 1. The van der Waals surface area contributed by atoms with Crippen molar-refractivity contribution in [1.29, 1.82) is 0 Å². The molecule has 0 aromatic heterocycles. The molecule has 0 fully saturated rings. The maximum atomic E-state index is 12.8. The van der Waals surface area contributed by atoms with Crippen molar-refractivity contribution in [2.45, 2.75) is 45.7 Å². The number of carboxylic acids is 1. The van der Waals surface area contributed by atoms with E-state index in [4.69, 9.17) is 9.84 Å². The third kappa shape index (κ3) is 5.07. The zero-order valence-corrected chi connectivity index (χ0v) is 19.9. The van der Waals surface area contributed by atoms with Gasteiger partial charge in [-0.1, -0.05) is 62.4 Å². The van der Waals surface area contributed by atoms with Crippen LogP contribution in [0.5, 0.6) is 0 Å². The van der Waals surface area contributed by atoms with Gasteiger partial charge >= 0.3 is 12.1 Å². The number of aliphatic hydroxyl groups is 1. The number of nitrogens with one attached hydrogen (secondary N) is 2. The molecule has 0 spiro atoms. The number of aliphatic hydroxyl groups excluding tert-OH is 1. The average molecular weight is 469 g/mol. The van der Waals surface area contributed by atoms with Crippen LogP contribution in [0.2, 0.25) is 0 Å². The molecule has 0 heterocycles. The lowest BCUT2D eigenvalue weighted by Gasteiger charge is -2.36. The van der Waals surface area contributed by atoms with E-state index in [0.29, 0.717) is 0 Å². The second-order valence-corrected chi connectivity index (χ2v) is 9.46. The fourth-order valence-electron chi connectivity index (χ4n) is 4.62. The number of carbonyl (C=O) groups is 3. The molecule has 0 bridgehead atoms. The standard InChI is InChI=1S/C26H32N2O6/c1-15(2)22(26(3,4)24(32)27-21(13-29)23(30)31)28-25(33)34-14-20-18-11-7-5-9-16(18)17-10-6-8-12-19(17)20/h5-12,15,20-22,29H,13-14H2,1-4H3,(H,27,32)(H,28,33)(H,30,31)/t21-,22?/m0/s1. The second kappa shape index (κ2) is 10.3. The summed E-state index contributed by atoms with van der Waals surface area (Å²) in [4.78, 5) is 36.8. The molecule has 2 aromatic rings. The molecule has 3 rings (SSSR count). The van der Waals surface area contributed by atoms with E-state index < -0.39 is 42.1 Å². The molecule has 2 aromatic carbocycles. The van der Waals surface area contributed by atoms with E-state index in [1.54, 1.807) is 13.8 Å². The van der Waals surface area contributed by atoms with Gasteiger partial charge in [-0.25, -0.2) is 9.59 Å². The molecule has 2 amide bonds. The van der Waals surface area contributed by atoms with Crippen LogP contribution >= 0.6 is 0 Å². The zero-order valence-electron chi connectivity index (χ0n) is 19.9. The first-order valence-corrected chi connectivity index (χ1v) is 11.3. The Bertz CT molecular complexity index is 1020. The fourth-order valence-corrected chi connectivity index (χ4v) is 4.62. The molecule has 8 nitrogen and oxygen atoms in total. The number of carbonyl (C=O) groups excluding carboxylic acids is 2. The van der Waals surface area contributed by atoms with Crippen molar-refractivity contribution in [3.8, 4) is 11.1 Å². The lowest BCUT2D eigenvalue weighted by molar-refractivity contribution is -0.145. The Kier molecular flexibility index (Phi) is 7.61. The van der Waals surface area contributed by atoms with Crippen molar-refractivity contribution in [2.75, 3.05) is 13.2 Å². The van der Waals surface area contributed by atoms with Crippen molar-refractivity contribution in [2.24, 2.45) is 11.3 Å². The molecule has 1 unspecified atom stereocenters. The smallest absolute Gasteiger partial charge is 0.407 e. The Morgan fingerprint density at radius 3 is 1.97 bits per heavy atom. The van der Waals surface area contributed by atoms with Crippen molar-refractivity contribution >= 4 is 18.0 Å². The molecule has 1 aliphatic carbocycles. The maximum Gasteiger partial charge on any atom is 0.407 e. The van der Waals surface area contributed by atoms with Crippen molar-refractivity contribution in [3.05, 3.63) is 59.7 Å². The number of carboxylic acid groups (broad SMARTS) is 1. The minimum atomic E-state index is -1.42. The predicted octanol–water partition coefficient (Wildman–Crippen LogP) is 3.14. The molecular formula is C26H32N2O6. The summed E-state index contributed by atoms with van der Waals surface area (Å²) in [6.07, 6.45) is -0.654. The van der Waals surface area contributed by atoms with Crippen LogP contribution in [0, 0.1) is 11.3 Å². The summed E-state index contributed by atoms with van der Waals surface area (Å²) in [5.74, 6) is -2.17. The quantitative estimate of drug-likeness (QED) is 0.448. The largest absolute Gasteiger partial charge is 0.480 e. The van der Waals surface area contributed by atoms with Gasteiger partial charge in [0.25, 0.3) is 0 Å². The summed E-state index contributed by atoms with van der Waals surface area (Å²) in [6, 6.07) is 14.0. The maximum absolute atomic E-state index is 12.8. The van der Waals surface area contributed by atoms with Gasteiger partial charge in [-0.05, 0) is 42.0 Å². The highest BCUT2D eigenvalue weighted by molar-refractivity contribution is 5.88. The van der Waals surface area contributed by atoms with Crippen LogP contribution in [0.3, 0.4) is 0 Å². The zero-order chi connectivity index (χ0) is 25.0. The van der Waals surface area contributed by atoms with Crippen LogP contribution in [-0.2, 0) is 14.3 Å². The molecule has 8 heteroatoms. The van der Waals surface area contributed by atoms with E-state index in [-0.39, 0.29) is 18.4 Å². The molecule has 0 saturated carbocycles. The Morgan fingerprint density at radius 2 is 1.50 bits per heavy atom. The van der Waals surface area contributed by atoms with E-state index in [1.165, 1.54) is 0 Å². The number of fused-ring (bicyclic) bond motifs is 3. The average Bonchev–Trinajstić information content (AvgIpc) is 3.12. The Balaban J connectivity index is 1.70. The number of rotatable bonds is 9. The number of benzene rings is 2. The van der Waals surface area contributed by atoms with Gasteiger partial charge in [0.05, 0.1) is 12.0 Å². The number of aliphatic carboxylic acids is 1. The summed E-state index contributed by atoms with van der Waals surface area (Å²) >= 11 is 0. The van der Waals surface area contributed by atoms with Crippen LogP contribution in [-0.4, -0.2) is 53.5 Å². The van der Waals surface area contributed by atoms with E-state index in [0.717, 1.165) is 22.3 Å². The topological polar surface area (TPSA) is 125 Å². The second-order valence-electron chi connectivity index (χ2n) is 9.46. The first-order chi connectivity index (χ1) is 16.1. The molecule has 0 saturated heterocycles. The SMILES string of the molecule is CC(C)C(NC(=O)OCC1c2ccccc2-c2ccccc21)C(C)(C)C(=O)N[C@@H](CO)C(=O)O. The van der Waals surface area contributed by atoms with Gasteiger partial charge in [0, 0.05) is 12.0 Å². The van der Waals surface area contributed by atoms with E-state index >= 15 is 0 Å². The lowest BCUT2D eigenvalue weighted by Crippen LogP contribution is -2.57. The first kappa shape index (κ1) is 25.2. The Labute approximate surface area is 199 Å². The molecule has 182 valence electrons. The van der Waals surface area contributed by atoms with Gasteiger partial charge in [0.1, 0.15) is 12.6 Å². The number of hydrogen-bond acceptors (Lipinski definition) is 5. The molecular weight excluding hydrogens is 436 g/mol. The predicted molar refractivity (Wildman–Crippen MR) is 127 cm³/mol. The van der Waals surface area contributed by atoms with Gasteiger partial charge in [-0.15, -0.1) is 0 Å². The van der Waals surface area contributed by atoms with Crippen LogP contribution < -0.4 is 10.6 Å². The van der Waals surface area contributed by atoms with Crippen LogP contribution in [0.25, 0.3) is 11.1 Å². The van der Waals surface area contributed by atoms with Crippen LogP contribution in [0.15, 0.2) is 48.5 Å². The van der Waals surface area contributed by atoms with E-state index in [2.05, 4.69) is 22.8 Å². The van der Waals surface area contributed by atoms with Crippen molar-refractivity contribution in [1.82, 2.24) is 10.6 Å². The summed E-state index contributed by atoms with van der Waals surface area (Å²) in [7, 11) is 0. The van der Waals surface area contributed by atoms with E-state index in [1.807, 2.05) is 50.2 Å². The monoisotopic (exact) mass is 468 g/mol. The van der Waals surface area contributed by atoms with Gasteiger partial charge in [0.15, 0.2) is 0 Å². The van der Waals surface area contributed by atoms with Gasteiger partial charge in [-0.3, -0.25) is 4.79 Å². The van der Waals surface area contributed by atoms with Gasteiger partial charge in [-0.2, -0.15) is 0 Å². The number of ether oxygens (including phenoxy) is 1. The van der Waals surface area contributed by atoms with Crippen molar-refractivity contribution in [3.63, 3.8) is 0 Å². The molecule has 2 atom stereocenters. The summed E-state index contributed by atoms with van der Waals surface area (Å²) in [6.45, 7) is 6.35. The molecule has 0 radical (unpaired) electrons. The minimum Gasteiger partial charge on any atom is -0.480 e. The summed E-state index contributed by atoms with van der Waals surface area (Å²) in [5, 5.41) is 23.5. The van der Waals surface area contributed by atoms with Crippen LogP contribution in [0.4, 0.5) is 4.79 Å². The molecule has 34 heavy (non-hydrogen) atoms. The molecule has 4 N–H and O–H groups in total. The number of hydrogen-bond donors (Lipinski definition) is 4. The lowest BCUT2D eigenvalue weighted by atomic mass is 9.77. The normalized spacial score (nSPS) is 14.6. The Hall–Kier alpha value is -3.39. The fraction of sp³-hybridized carbons (Fsp3) is 0.423. The van der Waals surface area contributed by atoms with Crippen molar-refractivity contribution < 1.29 is 29.3 Å². The van der Waals surface area contributed by atoms with Crippen LogP contribution in [0.1, 0.15) is 44.7 Å². The van der Waals surface area contributed by atoms with Gasteiger partial charge < -0.3 is 25.6 Å². The van der Waals surface area contributed by atoms with E-state index in [9.17, 15) is 19.5 Å². The van der Waals surface area contributed by atoms with Gasteiger partial charge in [0.2, 0.25) is 5.91 Å². The minimum absolute atomic E-state index is 0.0900. The number of amides is 2. The first-order valence-electron chi connectivity index (χ1n) is 11.3. The summed E-state index contributed by atoms with van der Waals surface area (Å²) in [5.41, 5.74) is 3.28. The highest BCUT2D eigenvalue weighted by Crippen LogP contribution is 2.44. The molecule has 1 aliphatic rings.